The summed E-state index contributed by atoms with van der Waals surface area (Å²) < 4.78 is 5.81. The van der Waals surface area contributed by atoms with Gasteiger partial charge in [0.25, 0.3) is 5.91 Å². The third kappa shape index (κ3) is 6.16. The molecular weight excluding hydrogens is 392 g/mol. The van der Waals surface area contributed by atoms with E-state index < -0.39 is 0 Å². The van der Waals surface area contributed by atoms with Gasteiger partial charge < -0.3 is 10.1 Å². The number of nitrogens with one attached hydrogen (secondary N) is 2. The Balaban J connectivity index is 1.56. The topological polar surface area (TPSA) is 50.4 Å². The van der Waals surface area contributed by atoms with E-state index in [1.165, 1.54) is 5.56 Å². The van der Waals surface area contributed by atoms with Gasteiger partial charge in [0.2, 0.25) is 0 Å². The molecule has 0 saturated heterocycles. The number of amides is 1. The van der Waals surface area contributed by atoms with Gasteiger partial charge >= 0.3 is 0 Å². The van der Waals surface area contributed by atoms with Crippen LogP contribution in [0.3, 0.4) is 0 Å². The van der Waals surface area contributed by atoms with Crippen LogP contribution in [0.2, 0.25) is 0 Å². The lowest BCUT2D eigenvalue weighted by Gasteiger charge is -2.15. The minimum absolute atomic E-state index is 0.267. The summed E-state index contributed by atoms with van der Waals surface area (Å²) in [5.74, 6) is 0.725. The fourth-order valence-electron chi connectivity index (χ4n) is 3.10. The fraction of sp³-hybridized carbons (Fsp3) is 0.200. The summed E-state index contributed by atoms with van der Waals surface area (Å²) >= 11 is 5.34. The highest BCUT2D eigenvalue weighted by Crippen LogP contribution is 2.23. The molecule has 0 unspecified atom stereocenters. The van der Waals surface area contributed by atoms with Gasteiger partial charge in [0, 0.05) is 17.7 Å². The minimum Gasteiger partial charge on any atom is -0.493 e. The molecule has 154 valence electrons. The van der Waals surface area contributed by atoms with Gasteiger partial charge in [-0.1, -0.05) is 68.4 Å². The van der Waals surface area contributed by atoms with Gasteiger partial charge in [-0.25, -0.2) is 0 Å². The molecule has 0 aromatic heterocycles. The number of thiocarbonyl (C=S) groups is 1. The molecular formula is C25H26N2O2S. The zero-order valence-corrected chi connectivity index (χ0v) is 18.0. The first-order valence-electron chi connectivity index (χ1n) is 10.0. The predicted molar refractivity (Wildman–Crippen MR) is 126 cm³/mol. The Morgan fingerprint density at radius 1 is 0.967 bits per heavy atom. The van der Waals surface area contributed by atoms with Crippen LogP contribution in [-0.4, -0.2) is 17.6 Å². The molecule has 4 nitrogen and oxygen atoms in total. The number of rotatable bonds is 7. The lowest BCUT2D eigenvalue weighted by Crippen LogP contribution is -2.34. The molecule has 0 fully saturated rings. The van der Waals surface area contributed by atoms with Crippen molar-refractivity contribution in [2.24, 2.45) is 0 Å². The number of hydrogen-bond donors (Lipinski definition) is 2. The highest BCUT2D eigenvalue weighted by atomic mass is 32.1. The zero-order chi connectivity index (χ0) is 21.3. The van der Waals surface area contributed by atoms with E-state index in [9.17, 15) is 4.79 Å². The van der Waals surface area contributed by atoms with Crippen LogP contribution in [0.4, 0.5) is 5.69 Å². The second kappa shape index (κ2) is 10.6. The zero-order valence-electron chi connectivity index (χ0n) is 17.2. The van der Waals surface area contributed by atoms with Gasteiger partial charge in [-0.3, -0.25) is 10.1 Å². The maximum atomic E-state index is 12.6. The van der Waals surface area contributed by atoms with E-state index in [2.05, 4.69) is 36.6 Å². The summed E-state index contributed by atoms with van der Waals surface area (Å²) in [6.45, 7) is 4.78. The van der Waals surface area contributed by atoms with Crippen molar-refractivity contribution < 1.29 is 9.53 Å². The molecule has 0 heterocycles. The van der Waals surface area contributed by atoms with Gasteiger partial charge in [0.1, 0.15) is 5.75 Å². The predicted octanol–water partition coefficient (Wildman–Crippen LogP) is 5.56. The summed E-state index contributed by atoms with van der Waals surface area (Å²) in [6, 6.07) is 25.2. The third-order valence-corrected chi connectivity index (χ3v) is 4.86. The summed E-state index contributed by atoms with van der Waals surface area (Å²) in [5.41, 5.74) is 3.75. The van der Waals surface area contributed by atoms with Crippen LogP contribution in [0, 0.1) is 0 Å². The van der Waals surface area contributed by atoms with Crippen molar-refractivity contribution in [1.29, 1.82) is 0 Å². The van der Waals surface area contributed by atoms with Crippen molar-refractivity contribution in [3.05, 3.63) is 95.6 Å². The number of benzene rings is 3. The molecule has 30 heavy (non-hydrogen) atoms. The van der Waals surface area contributed by atoms with E-state index in [-0.39, 0.29) is 11.0 Å². The Labute approximate surface area is 183 Å². The average Bonchev–Trinajstić information content (AvgIpc) is 2.75. The second-order valence-corrected chi connectivity index (χ2v) is 7.67. The number of carbonyl (C=O) groups is 1. The Kier molecular flexibility index (Phi) is 7.57. The van der Waals surface area contributed by atoms with Gasteiger partial charge in [0.15, 0.2) is 5.11 Å². The molecule has 3 aromatic rings. The fourth-order valence-corrected chi connectivity index (χ4v) is 3.30. The standard InChI is InChI=1S/C25H26N2O2S/c1-18(2)22-13-6-7-14-23(22)26-25(30)27-24(28)20-11-8-12-21(17-20)29-16-15-19-9-4-3-5-10-19/h3-14,17-18H,15-16H2,1-2H3,(H2,26,27,28,30). The highest BCUT2D eigenvalue weighted by molar-refractivity contribution is 7.80. The largest absolute Gasteiger partial charge is 0.493 e. The molecule has 0 aliphatic carbocycles. The summed E-state index contributed by atoms with van der Waals surface area (Å²) in [7, 11) is 0. The number of hydrogen-bond acceptors (Lipinski definition) is 3. The van der Waals surface area contributed by atoms with Crippen LogP contribution in [0.1, 0.15) is 41.3 Å². The number of carbonyl (C=O) groups excluding carboxylic acids is 1. The molecule has 0 bridgehead atoms. The van der Waals surface area contributed by atoms with Crippen LogP contribution in [0.25, 0.3) is 0 Å². The quantitative estimate of drug-likeness (QED) is 0.493. The normalized spacial score (nSPS) is 10.5. The monoisotopic (exact) mass is 418 g/mol. The van der Waals surface area contributed by atoms with E-state index in [4.69, 9.17) is 17.0 Å². The Morgan fingerprint density at radius 3 is 2.47 bits per heavy atom. The average molecular weight is 419 g/mol. The molecule has 0 aliphatic rings. The van der Waals surface area contributed by atoms with Gasteiger partial charge in [-0.05, 0) is 53.5 Å². The Hall–Kier alpha value is -3.18. The number of anilines is 1. The van der Waals surface area contributed by atoms with Gasteiger partial charge in [-0.2, -0.15) is 0 Å². The van der Waals surface area contributed by atoms with Crippen LogP contribution in [0.5, 0.6) is 5.75 Å². The molecule has 0 spiro atoms. The van der Waals surface area contributed by atoms with E-state index in [0.717, 1.165) is 17.7 Å². The third-order valence-electron chi connectivity index (χ3n) is 4.66. The smallest absolute Gasteiger partial charge is 0.257 e. The van der Waals surface area contributed by atoms with Crippen molar-refractivity contribution in [3.8, 4) is 5.75 Å². The molecule has 3 rings (SSSR count). The number of para-hydroxylation sites is 1. The van der Waals surface area contributed by atoms with E-state index in [1.54, 1.807) is 18.2 Å². The Bertz CT molecular complexity index is 1000. The van der Waals surface area contributed by atoms with Crippen LogP contribution < -0.4 is 15.4 Å². The SMILES string of the molecule is CC(C)c1ccccc1NC(=S)NC(=O)c1cccc(OCCc2ccccc2)c1. The molecule has 0 atom stereocenters. The molecule has 0 aliphatic heterocycles. The van der Waals surface area contributed by atoms with Crippen molar-refractivity contribution in [2.75, 3.05) is 11.9 Å². The van der Waals surface area contributed by atoms with Crippen molar-refractivity contribution in [3.63, 3.8) is 0 Å². The second-order valence-electron chi connectivity index (χ2n) is 7.26. The lowest BCUT2D eigenvalue weighted by atomic mass is 10.0. The molecule has 2 N–H and O–H groups in total. The maximum Gasteiger partial charge on any atom is 0.257 e. The summed E-state index contributed by atoms with van der Waals surface area (Å²) in [4.78, 5) is 12.6. The Morgan fingerprint density at radius 2 is 1.70 bits per heavy atom. The van der Waals surface area contributed by atoms with Crippen molar-refractivity contribution in [1.82, 2.24) is 5.32 Å². The molecule has 3 aromatic carbocycles. The van der Waals surface area contributed by atoms with E-state index in [1.807, 2.05) is 48.5 Å². The van der Waals surface area contributed by atoms with Crippen LogP contribution >= 0.6 is 12.2 Å². The van der Waals surface area contributed by atoms with Gasteiger partial charge in [0.05, 0.1) is 6.61 Å². The first kappa shape index (κ1) is 21.5. The molecule has 1 amide bonds. The molecule has 0 saturated carbocycles. The summed E-state index contributed by atoms with van der Waals surface area (Å²) in [5, 5.41) is 6.14. The first-order chi connectivity index (χ1) is 14.5. The highest BCUT2D eigenvalue weighted by Gasteiger charge is 2.11. The number of ether oxygens (including phenoxy) is 1. The van der Waals surface area contributed by atoms with E-state index in [0.29, 0.717) is 23.8 Å². The van der Waals surface area contributed by atoms with Crippen molar-refractivity contribution in [2.45, 2.75) is 26.2 Å². The minimum atomic E-state index is -0.275. The van der Waals surface area contributed by atoms with E-state index >= 15 is 0 Å². The van der Waals surface area contributed by atoms with Crippen LogP contribution in [-0.2, 0) is 6.42 Å². The van der Waals surface area contributed by atoms with Gasteiger partial charge in [-0.15, -0.1) is 0 Å². The summed E-state index contributed by atoms with van der Waals surface area (Å²) in [6.07, 6.45) is 0.806. The lowest BCUT2D eigenvalue weighted by molar-refractivity contribution is 0.0977. The first-order valence-corrected chi connectivity index (χ1v) is 10.4. The van der Waals surface area contributed by atoms with Crippen molar-refractivity contribution >= 4 is 28.9 Å². The van der Waals surface area contributed by atoms with Crippen LogP contribution in [0.15, 0.2) is 78.9 Å². The molecule has 0 radical (unpaired) electrons. The molecule has 5 heteroatoms. The maximum absolute atomic E-state index is 12.6.